The Morgan fingerprint density at radius 3 is 2.58 bits per heavy atom. The van der Waals surface area contributed by atoms with Crippen LogP contribution in [0.4, 0.5) is 0 Å². The molecule has 1 aliphatic heterocycles. The van der Waals surface area contributed by atoms with Gasteiger partial charge in [-0.25, -0.2) is 0 Å². The van der Waals surface area contributed by atoms with Crippen molar-refractivity contribution in [2.24, 2.45) is 4.99 Å². The molecule has 1 aliphatic rings. The van der Waals surface area contributed by atoms with Crippen molar-refractivity contribution < 1.29 is 0 Å². The summed E-state index contributed by atoms with van der Waals surface area (Å²) in [5.41, 5.74) is 0. The summed E-state index contributed by atoms with van der Waals surface area (Å²) in [6.45, 7) is 5.48. The Morgan fingerprint density at radius 2 is 2.08 bits per heavy atom. The first kappa shape index (κ1) is 9.56. The van der Waals surface area contributed by atoms with E-state index in [2.05, 4.69) is 24.2 Å². The number of amidine groups is 1. The molecule has 0 unspecified atom stereocenters. The van der Waals surface area contributed by atoms with Gasteiger partial charge >= 0.3 is 0 Å². The van der Waals surface area contributed by atoms with Crippen molar-refractivity contribution in [3.05, 3.63) is 0 Å². The zero-order chi connectivity index (χ0) is 8.81. The van der Waals surface area contributed by atoms with Gasteiger partial charge in [0.15, 0.2) is 0 Å². The first-order chi connectivity index (χ1) is 5.86. The second kappa shape index (κ2) is 5.18. The molecule has 0 atom stereocenters. The van der Waals surface area contributed by atoms with Gasteiger partial charge < -0.3 is 5.32 Å². The van der Waals surface area contributed by atoms with Crippen LogP contribution in [0.1, 0.15) is 46.0 Å². The van der Waals surface area contributed by atoms with Crippen molar-refractivity contribution >= 4 is 5.84 Å². The zero-order valence-corrected chi connectivity index (χ0v) is 8.27. The quantitative estimate of drug-likeness (QED) is 0.687. The summed E-state index contributed by atoms with van der Waals surface area (Å²) < 4.78 is 0. The van der Waals surface area contributed by atoms with E-state index in [4.69, 9.17) is 0 Å². The van der Waals surface area contributed by atoms with Crippen LogP contribution < -0.4 is 5.32 Å². The molecule has 1 rings (SSSR count). The van der Waals surface area contributed by atoms with E-state index in [0.717, 1.165) is 13.0 Å². The summed E-state index contributed by atoms with van der Waals surface area (Å²) in [6.07, 6.45) is 6.15. The normalized spacial score (nSPS) is 17.8. The van der Waals surface area contributed by atoms with Crippen LogP contribution in [0.2, 0.25) is 0 Å². The maximum Gasteiger partial charge on any atom is 0.0965 e. The summed E-state index contributed by atoms with van der Waals surface area (Å²) in [7, 11) is 0. The van der Waals surface area contributed by atoms with E-state index in [1.165, 1.54) is 31.5 Å². The Hall–Kier alpha value is -0.530. The molecular weight excluding hydrogens is 148 g/mol. The second-order valence-corrected chi connectivity index (χ2v) is 3.44. The second-order valence-electron chi connectivity index (χ2n) is 3.44. The molecular formula is C10H20N2. The van der Waals surface area contributed by atoms with Gasteiger partial charge in [-0.1, -0.05) is 13.8 Å². The van der Waals surface area contributed by atoms with Crippen molar-refractivity contribution in [1.29, 1.82) is 0 Å². The highest BCUT2D eigenvalue weighted by Crippen LogP contribution is 2.06. The van der Waals surface area contributed by atoms with Crippen molar-refractivity contribution in [2.45, 2.75) is 52.0 Å². The van der Waals surface area contributed by atoms with Gasteiger partial charge in [0.2, 0.25) is 0 Å². The number of rotatable bonds is 3. The summed E-state index contributed by atoms with van der Waals surface area (Å²) in [5.74, 6) is 1.25. The topological polar surface area (TPSA) is 24.4 Å². The van der Waals surface area contributed by atoms with Crippen LogP contribution in [0.25, 0.3) is 0 Å². The molecule has 1 N–H and O–H groups in total. The van der Waals surface area contributed by atoms with Crippen molar-refractivity contribution in [3.8, 4) is 0 Å². The minimum absolute atomic E-state index is 0.641. The van der Waals surface area contributed by atoms with E-state index >= 15 is 0 Å². The summed E-state index contributed by atoms with van der Waals surface area (Å²) in [5, 5.41) is 3.51. The van der Waals surface area contributed by atoms with Crippen LogP contribution in [-0.2, 0) is 0 Å². The van der Waals surface area contributed by atoms with Gasteiger partial charge in [-0.15, -0.1) is 0 Å². The van der Waals surface area contributed by atoms with Gasteiger partial charge in [0.1, 0.15) is 0 Å². The fourth-order valence-electron chi connectivity index (χ4n) is 1.54. The Morgan fingerprint density at radius 1 is 1.33 bits per heavy atom. The van der Waals surface area contributed by atoms with Gasteiger partial charge in [-0.05, 0) is 25.7 Å². The Kier molecular flexibility index (Phi) is 4.12. The standard InChI is InChI=1S/C10H20N2/c1-3-9(4-2)12-10-7-5-6-8-11-10/h9H,3-8H2,1-2H3,(H,11,12). The molecule has 2 nitrogen and oxygen atoms in total. The first-order valence-corrected chi connectivity index (χ1v) is 5.16. The molecule has 0 radical (unpaired) electrons. The van der Waals surface area contributed by atoms with Gasteiger partial charge in [0, 0.05) is 19.0 Å². The van der Waals surface area contributed by atoms with E-state index < -0.39 is 0 Å². The van der Waals surface area contributed by atoms with Crippen LogP contribution in [0, 0.1) is 0 Å². The van der Waals surface area contributed by atoms with Gasteiger partial charge in [-0.2, -0.15) is 0 Å². The third kappa shape index (κ3) is 2.84. The zero-order valence-electron chi connectivity index (χ0n) is 8.27. The highest BCUT2D eigenvalue weighted by atomic mass is 15.0. The van der Waals surface area contributed by atoms with E-state index in [1.807, 2.05) is 0 Å². The Balaban J connectivity index is 2.32. The fraction of sp³-hybridized carbons (Fsp3) is 0.900. The lowest BCUT2D eigenvalue weighted by molar-refractivity contribution is 0.554. The summed E-state index contributed by atoms with van der Waals surface area (Å²) >= 11 is 0. The van der Waals surface area contributed by atoms with Crippen LogP contribution in [-0.4, -0.2) is 18.4 Å². The van der Waals surface area contributed by atoms with Crippen LogP contribution in [0.15, 0.2) is 4.99 Å². The maximum atomic E-state index is 4.47. The van der Waals surface area contributed by atoms with E-state index in [1.54, 1.807) is 0 Å². The predicted octanol–water partition coefficient (Wildman–Crippen LogP) is 2.35. The largest absolute Gasteiger partial charge is 0.371 e. The molecule has 0 aromatic rings. The third-order valence-corrected chi connectivity index (χ3v) is 2.48. The molecule has 12 heavy (non-hydrogen) atoms. The number of aliphatic imine (C=N–C) groups is 1. The minimum atomic E-state index is 0.641. The monoisotopic (exact) mass is 168 g/mol. The number of nitrogens with one attached hydrogen (secondary N) is 1. The molecule has 0 fully saturated rings. The summed E-state index contributed by atoms with van der Waals surface area (Å²) in [4.78, 5) is 4.47. The van der Waals surface area contributed by atoms with Crippen molar-refractivity contribution in [2.75, 3.05) is 6.54 Å². The Labute approximate surface area is 75.5 Å². The Bertz CT molecular complexity index is 148. The molecule has 0 aromatic carbocycles. The van der Waals surface area contributed by atoms with Gasteiger partial charge in [-0.3, -0.25) is 4.99 Å². The lowest BCUT2D eigenvalue weighted by atomic mass is 10.1. The highest BCUT2D eigenvalue weighted by Gasteiger charge is 2.08. The third-order valence-electron chi connectivity index (χ3n) is 2.48. The molecule has 0 aliphatic carbocycles. The number of hydrogen-bond acceptors (Lipinski definition) is 2. The van der Waals surface area contributed by atoms with Gasteiger partial charge in [0.05, 0.1) is 5.84 Å². The molecule has 70 valence electrons. The molecule has 0 saturated carbocycles. The lowest BCUT2D eigenvalue weighted by Crippen LogP contribution is -2.35. The number of nitrogens with zero attached hydrogens (tertiary/aromatic N) is 1. The van der Waals surface area contributed by atoms with Crippen molar-refractivity contribution in [3.63, 3.8) is 0 Å². The summed E-state index contributed by atoms with van der Waals surface area (Å²) in [6, 6.07) is 0.641. The number of hydrogen-bond donors (Lipinski definition) is 1. The van der Waals surface area contributed by atoms with E-state index in [0.29, 0.717) is 6.04 Å². The average Bonchev–Trinajstić information content (AvgIpc) is 2.16. The van der Waals surface area contributed by atoms with E-state index in [-0.39, 0.29) is 0 Å². The van der Waals surface area contributed by atoms with Crippen LogP contribution in [0.5, 0.6) is 0 Å². The first-order valence-electron chi connectivity index (χ1n) is 5.16. The smallest absolute Gasteiger partial charge is 0.0965 e. The highest BCUT2D eigenvalue weighted by molar-refractivity contribution is 5.82. The van der Waals surface area contributed by atoms with Crippen molar-refractivity contribution in [1.82, 2.24) is 5.32 Å². The van der Waals surface area contributed by atoms with Crippen LogP contribution in [0.3, 0.4) is 0 Å². The molecule has 0 saturated heterocycles. The minimum Gasteiger partial charge on any atom is -0.371 e. The van der Waals surface area contributed by atoms with E-state index in [9.17, 15) is 0 Å². The molecule has 2 heteroatoms. The van der Waals surface area contributed by atoms with Gasteiger partial charge in [0.25, 0.3) is 0 Å². The SMILES string of the molecule is CCC(CC)NC1=NCCCC1. The maximum absolute atomic E-state index is 4.47. The molecule has 0 spiro atoms. The lowest BCUT2D eigenvalue weighted by Gasteiger charge is -2.20. The fourth-order valence-corrected chi connectivity index (χ4v) is 1.54. The van der Waals surface area contributed by atoms with Crippen LogP contribution >= 0.6 is 0 Å². The molecule has 0 amide bonds. The predicted molar refractivity (Wildman–Crippen MR) is 53.7 cm³/mol. The average molecular weight is 168 g/mol. The molecule has 1 heterocycles. The molecule has 0 aromatic heterocycles. The molecule has 0 bridgehead atoms.